The van der Waals surface area contributed by atoms with E-state index in [0.29, 0.717) is 13.2 Å². The Morgan fingerprint density at radius 2 is 2.25 bits per heavy atom. The highest BCUT2D eigenvalue weighted by atomic mass is 32.1. The molecule has 0 saturated heterocycles. The molecule has 0 saturated carbocycles. The average Bonchev–Trinajstić information content (AvgIpc) is 2.72. The second-order valence-corrected chi connectivity index (χ2v) is 4.21. The second-order valence-electron chi connectivity index (χ2n) is 3.46. The third-order valence-corrected chi connectivity index (χ3v) is 2.82. The maximum atomic E-state index is 5.24. The third-order valence-electron chi connectivity index (χ3n) is 2.11. The van der Waals surface area contributed by atoms with E-state index in [9.17, 15) is 0 Å². The molecule has 0 spiro atoms. The fourth-order valence-electron chi connectivity index (χ4n) is 1.25. The Morgan fingerprint density at radius 3 is 2.88 bits per heavy atom. The summed E-state index contributed by atoms with van der Waals surface area (Å²) in [5.41, 5.74) is 0. The van der Waals surface area contributed by atoms with E-state index in [1.54, 1.807) is 14.2 Å². The quantitative estimate of drug-likeness (QED) is 0.753. The summed E-state index contributed by atoms with van der Waals surface area (Å²) in [5, 5.41) is 4.05. The molecule has 1 aromatic heterocycles. The van der Waals surface area contributed by atoms with Gasteiger partial charge in [0.25, 0.3) is 0 Å². The lowest BCUT2D eigenvalue weighted by Gasteiger charge is -2.13. The van der Waals surface area contributed by atoms with Crippen LogP contribution in [-0.4, -0.2) is 42.8 Å². The van der Waals surface area contributed by atoms with Gasteiger partial charge in [-0.3, -0.25) is 0 Å². The summed E-state index contributed by atoms with van der Waals surface area (Å²) < 4.78 is 14.5. The van der Waals surface area contributed by atoms with E-state index in [1.165, 1.54) is 11.5 Å². The van der Waals surface area contributed by atoms with Gasteiger partial charge in [0, 0.05) is 38.7 Å². The van der Waals surface area contributed by atoms with Crippen molar-refractivity contribution in [3.8, 4) is 0 Å². The van der Waals surface area contributed by atoms with Crippen LogP contribution in [0, 0.1) is 0 Å². The van der Waals surface area contributed by atoms with Crippen LogP contribution in [-0.2, 0) is 15.9 Å². The van der Waals surface area contributed by atoms with Crippen molar-refractivity contribution in [2.75, 3.05) is 32.7 Å². The van der Waals surface area contributed by atoms with Crippen LogP contribution >= 0.6 is 11.5 Å². The molecule has 0 radical (unpaired) electrons. The first kappa shape index (κ1) is 13.3. The van der Waals surface area contributed by atoms with E-state index in [2.05, 4.69) is 21.6 Å². The van der Waals surface area contributed by atoms with Crippen molar-refractivity contribution in [1.82, 2.24) is 9.36 Å². The number of nitrogens with zero attached hydrogens (tertiary/aromatic N) is 2. The minimum atomic E-state index is 0.0449. The highest BCUT2D eigenvalue weighted by Crippen LogP contribution is 2.12. The van der Waals surface area contributed by atoms with Gasteiger partial charge in [0.05, 0.1) is 12.7 Å². The Kier molecular flexibility index (Phi) is 6.29. The van der Waals surface area contributed by atoms with E-state index in [1.807, 2.05) is 0 Å². The molecule has 1 aromatic rings. The van der Waals surface area contributed by atoms with Gasteiger partial charge in [0.2, 0.25) is 5.13 Å². The summed E-state index contributed by atoms with van der Waals surface area (Å²) in [7, 11) is 3.34. The molecular weight excluding hydrogens is 226 g/mol. The lowest BCUT2D eigenvalue weighted by molar-refractivity contribution is 0.0365. The Morgan fingerprint density at radius 1 is 1.44 bits per heavy atom. The number of ether oxygens (including phenoxy) is 2. The van der Waals surface area contributed by atoms with E-state index in [0.717, 1.165) is 23.8 Å². The van der Waals surface area contributed by atoms with Gasteiger partial charge in [-0.05, 0) is 6.42 Å². The number of nitrogens with one attached hydrogen (secondary N) is 1. The zero-order valence-corrected chi connectivity index (χ0v) is 10.8. The molecule has 0 fully saturated rings. The molecular formula is C10H19N3O2S. The largest absolute Gasteiger partial charge is 0.382 e. The fourth-order valence-corrected chi connectivity index (χ4v) is 1.87. The highest BCUT2D eigenvalue weighted by Gasteiger charge is 2.08. The molecule has 1 atom stereocenters. The summed E-state index contributed by atoms with van der Waals surface area (Å²) in [6.07, 6.45) is 2.05. The Balaban J connectivity index is 2.34. The monoisotopic (exact) mass is 245 g/mol. The van der Waals surface area contributed by atoms with Crippen molar-refractivity contribution in [2.24, 2.45) is 0 Å². The summed E-state index contributed by atoms with van der Waals surface area (Å²) in [5.74, 6) is 0.913. The first-order chi connectivity index (χ1) is 7.80. The maximum Gasteiger partial charge on any atom is 0.202 e. The van der Waals surface area contributed by atoms with E-state index >= 15 is 0 Å². The van der Waals surface area contributed by atoms with Gasteiger partial charge in [-0.1, -0.05) is 6.92 Å². The molecule has 5 nitrogen and oxygen atoms in total. The number of methoxy groups -OCH3 is 2. The van der Waals surface area contributed by atoms with Gasteiger partial charge in [-0.2, -0.15) is 4.37 Å². The van der Waals surface area contributed by atoms with Crippen molar-refractivity contribution in [1.29, 1.82) is 0 Å². The second kappa shape index (κ2) is 7.54. The zero-order valence-electron chi connectivity index (χ0n) is 10.0. The Labute approximate surface area is 100 Å². The average molecular weight is 245 g/mol. The predicted molar refractivity (Wildman–Crippen MR) is 65.1 cm³/mol. The fraction of sp³-hybridized carbons (Fsp3) is 0.800. The van der Waals surface area contributed by atoms with Gasteiger partial charge in [-0.25, -0.2) is 4.98 Å². The number of anilines is 1. The molecule has 1 heterocycles. The number of hydrogen-bond acceptors (Lipinski definition) is 6. The summed E-state index contributed by atoms with van der Waals surface area (Å²) >= 11 is 1.39. The van der Waals surface area contributed by atoms with Gasteiger partial charge in [-0.15, -0.1) is 0 Å². The van der Waals surface area contributed by atoms with Crippen LogP contribution in [0.15, 0.2) is 0 Å². The molecule has 6 heteroatoms. The van der Waals surface area contributed by atoms with E-state index in [-0.39, 0.29) is 6.10 Å². The number of hydrogen-bond donors (Lipinski definition) is 1. The maximum absolute atomic E-state index is 5.24. The van der Waals surface area contributed by atoms with Crippen molar-refractivity contribution < 1.29 is 9.47 Å². The van der Waals surface area contributed by atoms with Crippen LogP contribution in [0.2, 0.25) is 0 Å². The zero-order chi connectivity index (χ0) is 11.8. The van der Waals surface area contributed by atoms with Gasteiger partial charge >= 0.3 is 0 Å². The molecule has 0 aliphatic carbocycles. The van der Waals surface area contributed by atoms with Crippen LogP contribution < -0.4 is 5.32 Å². The van der Waals surface area contributed by atoms with Crippen molar-refractivity contribution in [3.63, 3.8) is 0 Å². The molecule has 0 aliphatic heterocycles. The van der Waals surface area contributed by atoms with Crippen LogP contribution in [0.3, 0.4) is 0 Å². The molecule has 92 valence electrons. The van der Waals surface area contributed by atoms with Crippen molar-refractivity contribution in [3.05, 3.63) is 5.82 Å². The Hall–Kier alpha value is -0.720. The van der Waals surface area contributed by atoms with Gasteiger partial charge < -0.3 is 14.8 Å². The van der Waals surface area contributed by atoms with Gasteiger partial charge in [0.1, 0.15) is 5.82 Å². The highest BCUT2D eigenvalue weighted by molar-refractivity contribution is 7.09. The standard InChI is InChI=1S/C10H19N3O2S/c1-4-5-9-12-10(16-13-9)11-6-8(15-3)7-14-2/h8H,4-7H2,1-3H3,(H,11,12,13). The van der Waals surface area contributed by atoms with E-state index in [4.69, 9.17) is 9.47 Å². The van der Waals surface area contributed by atoms with E-state index < -0.39 is 0 Å². The molecule has 0 aliphatic rings. The molecule has 1 unspecified atom stereocenters. The number of aryl methyl sites for hydroxylation is 1. The molecule has 0 bridgehead atoms. The number of aromatic nitrogens is 2. The minimum absolute atomic E-state index is 0.0449. The first-order valence-corrected chi connectivity index (χ1v) is 6.15. The third kappa shape index (κ3) is 4.42. The topological polar surface area (TPSA) is 56.3 Å². The molecule has 0 aromatic carbocycles. The summed E-state index contributed by atoms with van der Waals surface area (Å²) in [6, 6.07) is 0. The molecule has 1 rings (SSSR count). The molecule has 16 heavy (non-hydrogen) atoms. The summed E-state index contributed by atoms with van der Waals surface area (Å²) in [6.45, 7) is 3.38. The van der Waals surface area contributed by atoms with Crippen LogP contribution in [0.25, 0.3) is 0 Å². The lowest BCUT2D eigenvalue weighted by Crippen LogP contribution is -2.26. The van der Waals surface area contributed by atoms with Crippen molar-refractivity contribution >= 4 is 16.7 Å². The molecule has 1 N–H and O–H groups in total. The Bertz CT molecular complexity index is 293. The van der Waals surface area contributed by atoms with Crippen LogP contribution in [0.5, 0.6) is 0 Å². The predicted octanol–water partition coefficient (Wildman–Crippen LogP) is 1.56. The smallest absolute Gasteiger partial charge is 0.202 e. The minimum Gasteiger partial charge on any atom is -0.382 e. The van der Waals surface area contributed by atoms with Crippen LogP contribution in [0.4, 0.5) is 5.13 Å². The summed E-state index contributed by atoms with van der Waals surface area (Å²) in [4.78, 5) is 4.37. The number of rotatable bonds is 8. The lowest BCUT2D eigenvalue weighted by atomic mass is 10.3. The van der Waals surface area contributed by atoms with Crippen molar-refractivity contribution in [2.45, 2.75) is 25.9 Å². The first-order valence-electron chi connectivity index (χ1n) is 5.38. The normalized spacial score (nSPS) is 12.7. The molecule has 0 amide bonds. The SMILES string of the molecule is CCCc1nsc(NCC(COC)OC)n1. The van der Waals surface area contributed by atoms with Crippen LogP contribution in [0.1, 0.15) is 19.2 Å². The van der Waals surface area contributed by atoms with Gasteiger partial charge in [0.15, 0.2) is 0 Å².